The molecule has 2 heterocycles. The summed E-state index contributed by atoms with van der Waals surface area (Å²) in [6.45, 7) is 1.95. The molecule has 0 fully saturated rings. The number of nitrogens with one attached hydrogen (secondary N) is 1. The molecule has 1 N–H and O–H groups in total. The number of rotatable bonds is 3. The summed E-state index contributed by atoms with van der Waals surface area (Å²) >= 11 is 6.17. The van der Waals surface area contributed by atoms with Crippen LogP contribution in [0, 0.1) is 0 Å². The van der Waals surface area contributed by atoms with Crippen molar-refractivity contribution in [1.29, 1.82) is 0 Å². The number of aryl methyl sites for hydroxylation is 1. The topological polar surface area (TPSA) is 17.0 Å². The lowest BCUT2D eigenvalue weighted by atomic mass is 10.0. The van der Waals surface area contributed by atoms with E-state index in [4.69, 9.17) is 11.6 Å². The van der Waals surface area contributed by atoms with Crippen LogP contribution in [-0.2, 0) is 19.5 Å². The standard InChI is InChI=1S/C19H19ClN2/c20-16-7-6-15-10-18-9-8-17(13-22(18)19(15)11-16)21-12-14-4-2-1-3-5-14/h1-7,10-11,17,21H,8-9,12-13H2/t17-/m1/s1. The van der Waals surface area contributed by atoms with Crippen molar-refractivity contribution in [2.24, 2.45) is 0 Å². The van der Waals surface area contributed by atoms with Gasteiger partial charge < -0.3 is 9.88 Å². The molecule has 3 aromatic rings. The Balaban J connectivity index is 1.53. The molecular formula is C19H19ClN2. The molecule has 4 rings (SSSR count). The summed E-state index contributed by atoms with van der Waals surface area (Å²) < 4.78 is 2.42. The third-order valence-electron chi connectivity index (χ3n) is 4.54. The SMILES string of the molecule is Clc1ccc2cc3n(c2c1)C[C@H](NCc1ccccc1)CC3. The number of halogens is 1. The number of nitrogens with zero attached hydrogens (tertiary/aromatic N) is 1. The molecule has 0 saturated carbocycles. The van der Waals surface area contributed by atoms with Crippen molar-refractivity contribution in [3.05, 3.63) is 70.9 Å². The van der Waals surface area contributed by atoms with Crippen molar-refractivity contribution in [3.8, 4) is 0 Å². The zero-order valence-corrected chi connectivity index (χ0v) is 13.2. The second-order valence-electron chi connectivity index (χ2n) is 6.05. The largest absolute Gasteiger partial charge is 0.343 e. The molecule has 1 aromatic heterocycles. The Hall–Kier alpha value is -1.77. The molecule has 2 aromatic carbocycles. The van der Waals surface area contributed by atoms with Crippen LogP contribution in [-0.4, -0.2) is 10.6 Å². The summed E-state index contributed by atoms with van der Waals surface area (Å²) in [6, 6.07) is 19.6. The average molecular weight is 311 g/mol. The van der Waals surface area contributed by atoms with Crippen LogP contribution < -0.4 is 5.32 Å². The number of aromatic nitrogens is 1. The second-order valence-corrected chi connectivity index (χ2v) is 6.49. The second kappa shape index (κ2) is 5.79. The van der Waals surface area contributed by atoms with E-state index in [1.165, 1.54) is 28.6 Å². The van der Waals surface area contributed by atoms with Crippen molar-refractivity contribution in [2.75, 3.05) is 0 Å². The van der Waals surface area contributed by atoms with Crippen LogP contribution in [0.4, 0.5) is 0 Å². The highest BCUT2D eigenvalue weighted by Crippen LogP contribution is 2.27. The summed E-state index contributed by atoms with van der Waals surface area (Å²) in [6.07, 6.45) is 2.32. The Bertz CT molecular complexity index is 792. The van der Waals surface area contributed by atoms with Crippen LogP contribution in [0.3, 0.4) is 0 Å². The fourth-order valence-electron chi connectivity index (χ4n) is 3.37. The van der Waals surface area contributed by atoms with Gasteiger partial charge in [-0.3, -0.25) is 0 Å². The zero-order chi connectivity index (χ0) is 14.9. The summed E-state index contributed by atoms with van der Waals surface area (Å²) in [5.74, 6) is 0. The summed E-state index contributed by atoms with van der Waals surface area (Å²) in [5.41, 5.74) is 4.03. The Morgan fingerprint density at radius 2 is 1.95 bits per heavy atom. The van der Waals surface area contributed by atoms with Gasteiger partial charge in [0.2, 0.25) is 0 Å². The van der Waals surface area contributed by atoms with Gasteiger partial charge in [0.1, 0.15) is 0 Å². The van der Waals surface area contributed by atoms with Crippen LogP contribution in [0.25, 0.3) is 10.9 Å². The summed E-state index contributed by atoms with van der Waals surface area (Å²) in [5, 5.41) is 5.80. The molecule has 1 aliphatic heterocycles. The maximum atomic E-state index is 6.17. The van der Waals surface area contributed by atoms with E-state index in [-0.39, 0.29) is 0 Å². The van der Waals surface area contributed by atoms with Gasteiger partial charge in [-0.1, -0.05) is 48.0 Å². The van der Waals surface area contributed by atoms with E-state index in [0.717, 1.165) is 24.5 Å². The van der Waals surface area contributed by atoms with Gasteiger partial charge in [0.05, 0.1) is 0 Å². The molecule has 0 amide bonds. The third kappa shape index (κ3) is 2.65. The molecule has 0 spiro atoms. The molecule has 0 radical (unpaired) electrons. The molecule has 112 valence electrons. The lowest BCUT2D eigenvalue weighted by molar-refractivity contribution is 0.389. The van der Waals surface area contributed by atoms with Crippen molar-refractivity contribution in [1.82, 2.24) is 9.88 Å². The van der Waals surface area contributed by atoms with Gasteiger partial charge in [0, 0.05) is 35.4 Å². The average Bonchev–Trinajstić information content (AvgIpc) is 2.91. The Kier molecular flexibility index (Phi) is 3.65. The predicted molar refractivity (Wildman–Crippen MR) is 92.3 cm³/mol. The van der Waals surface area contributed by atoms with Crippen LogP contribution in [0.1, 0.15) is 17.7 Å². The first kappa shape index (κ1) is 13.9. The maximum absolute atomic E-state index is 6.17. The minimum absolute atomic E-state index is 0.516. The molecule has 0 saturated heterocycles. The highest BCUT2D eigenvalue weighted by Gasteiger charge is 2.20. The van der Waals surface area contributed by atoms with E-state index < -0.39 is 0 Å². The number of hydrogen-bond donors (Lipinski definition) is 1. The first-order valence-corrected chi connectivity index (χ1v) is 8.22. The van der Waals surface area contributed by atoms with E-state index in [0.29, 0.717) is 6.04 Å². The van der Waals surface area contributed by atoms with Gasteiger partial charge in [-0.2, -0.15) is 0 Å². The lowest BCUT2D eigenvalue weighted by Gasteiger charge is -2.26. The fourth-order valence-corrected chi connectivity index (χ4v) is 3.53. The van der Waals surface area contributed by atoms with Crippen molar-refractivity contribution in [2.45, 2.75) is 32.0 Å². The molecule has 22 heavy (non-hydrogen) atoms. The molecular weight excluding hydrogens is 292 g/mol. The molecule has 1 atom stereocenters. The highest BCUT2D eigenvalue weighted by atomic mass is 35.5. The quantitative estimate of drug-likeness (QED) is 0.758. The Labute approximate surface area is 135 Å². The summed E-state index contributed by atoms with van der Waals surface area (Å²) in [4.78, 5) is 0. The van der Waals surface area contributed by atoms with Gasteiger partial charge in [-0.25, -0.2) is 0 Å². The molecule has 0 unspecified atom stereocenters. The number of fused-ring (bicyclic) bond motifs is 3. The van der Waals surface area contributed by atoms with Crippen molar-refractivity contribution in [3.63, 3.8) is 0 Å². The van der Waals surface area contributed by atoms with Gasteiger partial charge >= 0.3 is 0 Å². The molecule has 0 bridgehead atoms. The zero-order valence-electron chi connectivity index (χ0n) is 12.4. The normalized spacial score (nSPS) is 17.6. The Morgan fingerprint density at radius 3 is 2.82 bits per heavy atom. The van der Waals surface area contributed by atoms with E-state index >= 15 is 0 Å². The number of benzene rings is 2. The predicted octanol–water partition coefficient (Wildman–Crippen LogP) is 4.40. The van der Waals surface area contributed by atoms with E-state index in [1.807, 2.05) is 6.07 Å². The van der Waals surface area contributed by atoms with Gasteiger partial charge in [0.15, 0.2) is 0 Å². The maximum Gasteiger partial charge on any atom is 0.0497 e. The van der Waals surface area contributed by atoms with Crippen molar-refractivity contribution < 1.29 is 0 Å². The van der Waals surface area contributed by atoms with Crippen molar-refractivity contribution >= 4 is 22.5 Å². The van der Waals surface area contributed by atoms with Crippen LogP contribution >= 0.6 is 11.6 Å². The smallest absolute Gasteiger partial charge is 0.0497 e. The molecule has 0 aliphatic carbocycles. The van der Waals surface area contributed by atoms with E-state index in [1.54, 1.807) is 0 Å². The monoisotopic (exact) mass is 310 g/mol. The fraction of sp³-hybridized carbons (Fsp3) is 0.263. The van der Waals surface area contributed by atoms with Gasteiger partial charge in [0.25, 0.3) is 0 Å². The van der Waals surface area contributed by atoms with E-state index in [9.17, 15) is 0 Å². The Morgan fingerprint density at radius 1 is 1.09 bits per heavy atom. The summed E-state index contributed by atoms with van der Waals surface area (Å²) in [7, 11) is 0. The number of hydrogen-bond acceptors (Lipinski definition) is 1. The first-order valence-electron chi connectivity index (χ1n) is 7.84. The lowest BCUT2D eigenvalue weighted by Crippen LogP contribution is -2.36. The van der Waals surface area contributed by atoms with Crippen LogP contribution in [0.2, 0.25) is 5.02 Å². The highest BCUT2D eigenvalue weighted by molar-refractivity contribution is 6.31. The van der Waals surface area contributed by atoms with Gasteiger partial charge in [-0.15, -0.1) is 0 Å². The first-order chi connectivity index (χ1) is 10.8. The minimum atomic E-state index is 0.516. The van der Waals surface area contributed by atoms with Crippen LogP contribution in [0.5, 0.6) is 0 Å². The molecule has 1 aliphatic rings. The van der Waals surface area contributed by atoms with Gasteiger partial charge in [-0.05, 0) is 42.0 Å². The minimum Gasteiger partial charge on any atom is -0.343 e. The van der Waals surface area contributed by atoms with Crippen LogP contribution in [0.15, 0.2) is 54.6 Å². The van der Waals surface area contributed by atoms with E-state index in [2.05, 4.69) is 58.4 Å². The third-order valence-corrected chi connectivity index (χ3v) is 4.78. The molecule has 2 nitrogen and oxygen atoms in total. The molecule has 3 heteroatoms.